The zero-order chi connectivity index (χ0) is 24.5. The number of aryl methyl sites for hydroxylation is 2. The Hall–Kier alpha value is -4.46. The van der Waals surface area contributed by atoms with E-state index in [0.717, 1.165) is 16.7 Å². The van der Waals surface area contributed by atoms with Crippen LogP contribution < -0.4 is 16.0 Å². The van der Waals surface area contributed by atoms with E-state index < -0.39 is 5.69 Å². The Kier molecular flexibility index (Phi) is 5.78. The van der Waals surface area contributed by atoms with E-state index in [2.05, 4.69) is 10.1 Å². The van der Waals surface area contributed by atoms with Crippen molar-refractivity contribution in [2.24, 2.45) is 0 Å². The molecule has 0 unspecified atom stereocenters. The highest BCUT2D eigenvalue weighted by atomic mass is 16.5. The minimum atomic E-state index is -0.472. The fraction of sp³-hybridized carbons (Fsp3) is 0.185. The minimum absolute atomic E-state index is 0.0165. The summed E-state index contributed by atoms with van der Waals surface area (Å²) in [6.45, 7) is 6.28. The first-order valence-electron chi connectivity index (χ1n) is 11.3. The molecule has 0 fully saturated rings. The second kappa shape index (κ2) is 9.06. The van der Waals surface area contributed by atoms with E-state index in [1.54, 1.807) is 24.3 Å². The van der Waals surface area contributed by atoms with Crippen LogP contribution in [0.2, 0.25) is 0 Å². The van der Waals surface area contributed by atoms with Gasteiger partial charge in [-0.3, -0.25) is 9.36 Å². The smallest absolute Gasteiger partial charge is 0.336 e. The molecule has 0 amide bonds. The molecule has 5 aromatic rings. The van der Waals surface area contributed by atoms with Crippen molar-refractivity contribution in [1.29, 1.82) is 0 Å². The molecule has 35 heavy (non-hydrogen) atoms. The van der Waals surface area contributed by atoms with Crippen molar-refractivity contribution < 1.29 is 9.26 Å². The lowest BCUT2D eigenvalue weighted by Gasteiger charge is -2.14. The van der Waals surface area contributed by atoms with E-state index in [9.17, 15) is 9.59 Å². The van der Waals surface area contributed by atoms with Gasteiger partial charge in [0, 0.05) is 5.56 Å². The van der Waals surface area contributed by atoms with E-state index >= 15 is 0 Å². The largest absolute Gasteiger partial charge is 0.494 e. The fourth-order valence-electron chi connectivity index (χ4n) is 4.11. The summed E-state index contributed by atoms with van der Waals surface area (Å²) in [7, 11) is 0. The van der Waals surface area contributed by atoms with Gasteiger partial charge in [0.15, 0.2) is 0 Å². The van der Waals surface area contributed by atoms with Crippen LogP contribution in [-0.2, 0) is 6.54 Å². The van der Waals surface area contributed by atoms with Crippen LogP contribution in [0.15, 0.2) is 80.8 Å². The third-order valence-corrected chi connectivity index (χ3v) is 5.82. The lowest BCUT2D eigenvalue weighted by atomic mass is 10.1. The lowest BCUT2D eigenvalue weighted by molar-refractivity contribution is 0.340. The average Bonchev–Trinajstić information content (AvgIpc) is 3.33. The Labute approximate surface area is 201 Å². The number of fused-ring (bicyclic) bond motifs is 1. The first-order chi connectivity index (χ1) is 17.0. The Bertz CT molecular complexity index is 1660. The van der Waals surface area contributed by atoms with Crippen molar-refractivity contribution in [3.8, 4) is 22.8 Å². The second-order valence-electron chi connectivity index (χ2n) is 8.29. The van der Waals surface area contributed by atoms with Crippen molar-refractivity contribution in [3.63, 3.8) is 0 Å². The minimum Gasteiger partial charge on any atom is -0.494 e. The standard InChI is InChI=1S/C27H24N4O4/c1-4-34-20-9-7-8-19(15-20)25-28-24(35-29-25)16-30-22-11-6-5-10-21(22)26(32)31(27(30)33)23-14-17(2)12-13-18(23)3/h5-15H,4,16H2,1-3H3. The zero-order valence-electron chi connectivity index (χ0n) is 19.7. The van der Waals surface area contributed by atoms with Gasteiger partial charge in [-0.25, -0.2) is 9.36 Å². The van der Waals surface area contributed by atoms with Gasteiger partial charge in [0.05, 0.1) is 23.2 Å². The molecule has 0 spiro atoms. The number of rotatable bonds is 6. The molecule has 0 aliphatic rings. The maximum absolute atomic E-state index is 13.7. The van der Waals surface area contributed by atoms with Crippen LogP contribution in [0.1, 0.15) is 23.9 Å². The van der Waals surface area contributed by atoms with Crippen LogP contribution in [0.4, 0.5) is 0 Å². The summed E-state index contributed by atoms with van der Waals surface area (Å²) < 4.78 is 13.8. The van der Waals surface area contributed by atoms with Gasteiger partial charge < -0.3 is 9.26 Å². The third kappa shape index (κ3) is 4.14. The van der Waals surface area contributed by atoms with E-state index in [1.807, 2.05) is 63.2 Å². The van der Waals surface area contributed by atoms with Crippen molar-refractivity contribution in [2.45, 2.75) is 27.3 Å². The first kappa shape index (κ1) is 22.3. The molecule has 0 saturated heterocycles. The van der Waals surface area contributed by atoms with Gasteiger partial charge in [0.2, 0.25) is 11.7 Å². The number of hydrogen-bond donors (Lipinski definition) is 0. The van der Waals surface area contributed by atoms with E-state index in [4.69, 9.17) is 9.26 Å². The summed E-state index contributed by atoms with van der Waals surface area (Å²) in [4.78, 5) is 31.6. The molecule has 8 heteroatoms. The number of nitrogens with zero attached hydrogens (tertiary/aromatic N) is 4. The summed E-state index contributed by atoms with van der Waals surface area (Å²) in [6, 6.07) is 20.1. The fourth-order valence-corrected chi connectivity index (χ4v) is 4.11. The normalized spacial score (nSPS) is 11.2. The van der Waals surface area contributed by atoms with Gasteiger partial charge >= 0.3 is 5.69 Å². The quantitative estimate of drug-likeness (QED) is 0.370. The van der Waals surface area contributed by atoms with Crippen LogP contribution in [0.25, 0.3) is 28.0 Å². The van der Waals surface area contributed by atoms with Gasteiger partial charge in [-0.1, -0.05) is 41.6 Å². The Morgan fingerprint density at radius 1 is 0.971 bits per heavy atom. The molecule has 0 saturated carbocycles. The monoisotopic (exact) mass is 468 g/mol. The van der Waals surface area contributed by atoms with Crippen molar-refractivity contribution in [2.75, 3.05) is 6.61 Å². The number of ether oxygens (including phenoxy) is 1. The second-order valence-corrected chi connectivity index (χ2v) is 8.29. The lowest BCUT2D eigenvalue weighted by Crippen LogP contribution is -2.39. The van der Waals surface area contributed by atoms with Crippen molar-refractivity contribution >= 4 is 10.9 Å². The number of benzene rings is 3. The first-order valence-corrected chi connectivity index (χ1v) is 11.3. The van der Waals surface area contributed by atoms with Crippen LogP contribution >= 0.6 is 0 Å². The summed E-state index contributed by atoms with van der Waals surface area (Å²) in [6.07, 6.45) is 0. The summed E-state index contributed by atoms with van der Waals surface area (Å²) in [5.74, 6) is 1.35. The number of aromatic nitrogens is 4. The van der Waals surface area contributed by atoms with Crippen molar-refractivity contribution in [3.05, 3.63) is 105 Å². The molecule has 0 radical (unpaired) electrons. The molecule has 0 aliphatic carbocycles. The number of para-hydroxylation sites is 1. The van der Waals surface area contributed by atoms with E-state index in [-0.39, 0.29) is 18.0 Å². The third-order valence-electron chi connectivity index (χ3n) is 5.82. The molecule has 0 atom stereocenters. The summed E-state index contributed by atoms with van der Waals surface area (Å²) in [5.41, 5.74) is 2.73. The Balaban J connectivity index is 1.63. The summed E-state index contributed by atoms with van der Waals surface area (Å²) >= 11 is 0. The predicted octanol–water partition coefficient (Wildman–Crippen LogP) is 4.27. The van der Waals surface area contributed by atoms with Gasteiger partial charge in [-0.2, -0.15) is 4.98 Å². The molecule has 0 bridgehead atoms. The van der Waals surface area contributed by atoms with Gasteiger partial charge in [0.1, 0.15) is 12.3 Å². The predicted molar refractivity (Wildman–Crippen MR) is 133 cm³/mol. The van der Waals surface area contributed by atoms with Crippen LogP contribution in [0, 0.1) is 13.8 Å². The average molecular weight is 469 g/mol. The van der Waals surface area contributed by atoms with E-state index in [1.165, 1.54) is 9.13 Å². The molecule has 176 valence electrons. The highest BCUT2D eigenvalue weighted by molar-refractivity contribution is 5.78. The molecular weight excluding hydrogens is 444 g/mol. The molecule has 8 nitrogen and oxygen atoms in total. The zero-order valence-corrected chi connectivity index (χ0v) is 19.7. The molecule has 0 N–H and O–H groups in total. The topological polar surface area (TPSA) is 92.2 Å². The molecule has 2 heterocycles. The molecule has 0 aliphatic heterocycles. The highest BCUT2D eigenvalue weighted by Gasteiger charge is 2.18. The number of hydrogen-bond acceptors (Lipinski definition) is 6. The van der Waals surface area contributed by atoms with Gasteiger partial charge in [-0.05, 0) is 62.2 Å². The molecule has 2 aromatic heterocycles. The summed E-state index contributed by atoms with van der Waals surface area (Å²) in [5, 5.41) is 4.52. The van der Waals surface area contributed by atoms with Gasteiger partial charge in [0.25, 0.3) is 5.56 Å². The highest BCUT2D eigenvalue weighted by Crippen LogP contribution is 2.22. The van der Waals surface area contributed by atoms with Crippen LogP contribution in [0.5, 0.6) is 5.75 Å². The molecule has 3 aromatic carbocycles. The Morgan fingerprint density at radius 2 is 1.80 bits per heavy atom. The maximum Gasteiger partial charge on any atom is 0.336 e. The SMILES string of the molecule is CCOc1cccc(-c2noc(Cn3c(=O)n(-c4cc(C)ccc4C)c(=O)c4ccccc43)n2)c1. The van der Waals surface area contributed by atoms with Crippen molar-refractivity contribution in [1.82, 2.24) is 19.3 Å². The Morgan fingerprint density at radius 3 is 2.63 bits per heavy atom. The van der Waals surface area contributed by atoms with Gasteiger partial charge in [-0.15, -0.1) is 0 Å². The van der Waals surface area contributed by atoms with E-state index in [0.29, 0.717) is 34.8 Å². The van der Waals surface area contributed by atoms with Crippen LogP contribution in [-0.4, -0.2) is 25.9 Å². The maximum atomic E-state index is 13.7. The van der Waals surface area contributed by atoms with Crippen LogP contribution in [0.3, 0.4) is 0 Å². The molecular formula is C27H24N4O4. The molecule has 5 rings (SSSR count).